The molecule has 1 amide bonds. The highest BCUT2D eigenvalue weighted by Crippen LogP contribution is 2.59. The molecule has 3 saturated heterocycles. The van der Waals surface area contributed by atoms with E-state index < -0.39 is 6.09 Å². The minimum atomic E-state index is -0.442. The van der Waals surface area contributed by atoms with E-state index in [-0.39, 0.29) is 47.4 Å². The predicted molar refractivity (Wildman–Crippen MR) is 150 cm³/mol. The van der Waals surface area contributed by atoms with Crippen LogP contribution in [0.15, 0.2) is 24.2 Å². The number of amides is 1. The van der Waals surface area contributed by atoms with Gasteiger partial charge in [-0.25, -0.2) is 9.78 Å². The van der Waals surface area contributed by atoms with Crippen LogP contribution in [0.25, 0.3) is 0 Å². The van der Waals surface area contributed by atoms with E-state index in [1.165, 1.54) is 5.57 Å². The van der Waals surface area contributed by atoms with Crippen molar-refractivity contribution >= 4 is 6.09 Å². The number of ether oxygens (including phenoxy) is 5. The molecule has 40 heavy (non-hydrogen) atoms. The average molecular weight is 561 g/mol. The highest BCUT2D eigenvalue weighted by molar-refractivity contribution is 5.68. The molecule has 0 bridgehead atoms. The Morgan fingerprint density at radius 1 is 1.27 bits per heavy atom. The number of epoxide rings is 2. The quantitative estimate of drug-likeness (QED) is 0.323. The van der Waals surface area contributed by atoms with E-state index in [0.717, 1.165) is 57.9 Å². The minimum Gasteiger partial charge on any atom is -0.443 e. The van der Waals surface area contributed by atoms with Crippen LogP contribution in [-0.4, -0.2) is 96.6 Å². The highest BCUT2D eigenvalue weighted by atomic mass is 16.6. The molecular formula is C30H48N4O6. The van der Waals surface area contributed by atoms with Crippen LogP contribution in [0.3, 0.4) is 0 Å². The SMILES string of the molecule is CO[C@@H]1[C@H](OC(=O)N[C@H](c2cn(CCN3CCOCC3)cn2)C(C)C)CC[C@]2(CO2)[C@H]1[C@@]1(C)O[C@@H]1CC=C(C)C. The number of rotatable bonds is 11. The van der Waals surface area contributed by atoms with Crippen molar-refractivity contribution in [3.63, 3.8) is 0 Å². The molecule has 1 saturated carbocycles. The van der Waals surface area contributed by atoms with E-state index in [4.69, 9.17) is 23.7 Å². The molecule has 1 aromatic rings. The Balaban J connectivity index is 1.20. The molecule has 10 heteroatoms. The van der Waals surface area contributed by atoms with Crippen molar-refractivity contribution in [3.8, 4) is 0 Å². The van der Waals surface area contributed by atoms with Crippen LogP contribution in [0, 0.1) is 11.8 Å². The van der Waals surface area contributed by atoms with Crippen LogP contribution < -0.4 is 5.32 Å². The first kappa shape index (κ1) is 29.5. The zero-order valence-corrected chi connectivity index (χ0v) is 25.1. The highest BCUT2D eigenvalue weighted by Gasteiger charge is 2.72. The lowest BCUT2D eigenvalue weighted by molar-refractivity contribution is -0.118. The van der Waals surface area contributed by atoms with Crippen molar-refractivity contribution in [1.29, 1.82) is 0 Å². The van der Waals surface area contributed by atoms with Crippen molar-refractivity contribution in [2.45, 2.75) is 96.0 Å². The first-order valence-electron chi connectivity index (χ1n) is 14.9. The molecule has 1 aromatic heterocycles. The van der Waals surface area contributed by atoms with Crippen LogP contribution in [-0.2, 0) is 30.2 Å². The second-order valence-electron chi connectivity index (χ2n) is 12.7. The number of nitrogens with one attached hydrogen (secondary N) is 1. The standard InChI is InChI=1S/C30H48N4O6/c1-20(2)7-8-24-29(5,40-24)27-26(36-6)23(9-10-30(27)18-38-30)39-28(35)32-25(21(3)4)22-17-34(19-31-22)12-11-33-13-15-37-16-14-33/h7,17,19,21,23-27H,8-16,18H2,1-6H3,(H,32,35)/t23-,24-,25+,26-,27-,29+,30+/m1/s1. The zero-order chi connectivity index (χ0) is 28.5. The van der Waals surface area contributed by atoms with Crippen molar-refractivity contribution in [2.24, 2.45) is 11.8 Å². The number of alkyl carbamates (subject to hydrolysis) is 1. The van der Waals surface area contributed by atoms with E-state index in [2.05, 4.69) is 60.5 Å². The largest absolute Gasteiger partial charge is 0.443 e. The molecule has 0 unspecified atom stereocenters. The molecule has 7 atom stereocenters. The molecule has 1 N–H and O–H groups in total. The molecule has 3 aliphatic heterocycles. The molecule has 1 aliphatic carbocycles. The Morgan fingerprint density at radius 3 is 2.67 bits per heavy atom. The molecule has 10 nitrogen and oxygen atoms in total. The van der Waals surface area contributed by atoms with Crippen LogP contribution in [0.2, 0.25) is 0 Å². The number of aromatic nitrogens is 2. The lowest BCUT2D eigenvalue weighted by atomic mass is 9.68. The molecule has 4 aliphatic rings. The number of hydrogen-bond acceptors (Lipinski definition) is 8. The van der Waals surface area contributed by atoms with Gasteiger partial charge in [0.2, 0.25) is 0 Å². The van der Waals surface area contributed by atoms with E-state index in [1.807, 2.05) is 12.5 Å². The summed E-state index contributed by atoms with van der Waals surface area (Å²) in [5.74, 6) is 0.139. The van der Waals surface area contributed by atoms with Crippen LogP contribution in [0.4, 0.5) is 4.79 Å². The normalized spacial score (nSPS) is 34.5. The van der Waals surface area contributed by atoms with E-state index >= 15 is 0 Å². The molecule has 1 spiro atoms. The number of hydrogen-bond donors (Lipinski definition) is 1. The van der Waals surface area contributed by atoms with Gasteiger partial charge in [0.05, 0.1) is 49.9 Å². The Hall–Kier alpha value is -1.98. The van der Waals surface area contributed by atoms with Crippen molar-refractivity contribution < 1.29 is 28.5 Å². The summed E-state index contributed by atoms with van der Waals surface area (Å²) in [6.45, 7) is 16.5. The predicted octanol–water partition coefficient (Wildman–Crippen LogP) is 3.72. The number of allylic oxidation sites excluding steroid dienone is 1. The monoisotopic (exact) mass is 560 g/mol. The van der Waals surface area contributed by atoms with Crippen LogP contribution in [0.1, 0.15) is 65.6 Å². The van der Waals surface area contributed by atoms with Gasteiger partial charge in [-0.15, -0.1) is 0 Å². The third-order valence-electron chi connectivity index (χ3n) is 9.19. The minimum absolute atomic E-state index is 0.00447. The maximum atomic E-state index is 13.3. The van der Waals surface area contributed by atoms with Crippen molar-refractivity contribution in [2.75, 3.05) is 46.6 Å². The summed E-state index contributed by atoms with van der Waals surface area (Å²) in [5.41, 5.74) is 1.50. The van der Waals surface area contributed by atoms with E-state index in [9.17, 15) is 4.79 Å². The lowest BCUT2D eigenvalue weighted by Gasteiger charge is -2.42. The van der Waals surface area contributed by atoms with Crippen molar-refractivity contribution in [1.82, 2.24) is 19.8 Å². The summed E-state index contributed by atoms with van der Waals surface area (Å²) in [5, 5.41) is 3.10. The maximum Gasteiger partial charge on any atom is 0.408 e. The van der Waals surface area contributed by atoms with Gasteiger partial charge in [0.25, 0.3) is 0 Å². The number of imidazole rings is 1. The molecular weight excluding hydrogens is 512 g/mol. The summed E-state index contributed by atoms with van der Waals surface area (Å²) < 4.78 is 32.0. The molecule has 224 valence electrons. The first-order valence-corrected chi connectivity index (χ1v) is 14.9. The third kappa shape index (κ3) is 6.41. The molecule has 0 aromatic carbocycles. The van der Waals surface area contributed by atoms with Gasteiger partial charge in [0.15, 0.2) is 0 Å². The van der Waals surface area contributed by atoms with Crippen molar-refractivity contribution in [3.05, 3.63) is 29.9 Å². The van der Waals surface area contributed by atoms with Gasteiger partial charge in [-0.05, 0) is 46.0 Å². The van der Waals surface area contributed by atoms with Gasteiger partial charge in [-0.3, -0.25) is 4.90 Å². The second kappa shape index (κ2) is 12.1. The molecule has 0 radical (unpaired) electrons. The second-order valence-corrected chi connectivity index (χ2v) is 12.7. The zero-order valence-electron chi connectivity index (χ0n) is 25.1. The summed E-state index contributed by atoms with van der Waals surface area (Å²) in [6, 6.07) is -0.256. The van der Waals surface area contributed by atoms with Gasteiger partial charge in [0, 0.05) is 39.5 Å². The fourth-order valence-corrected chi connectivity index (χ4v) is 6.69. The average Bonchev–Trinajstić information content (AvgIpc) is 3.79. The molecule has 4 heterocycles. The Labute approximate surface area is 238 Å². The third-order valence-corrected chi connectivity index (χ3v) is 9.19. The van der Waals surface area contributed by atoms with Crippen LogP contribution >= 0.6 is 0 Å². The summed E-state index contributed by atoms with van der Waals surface area (Å²) >= 11 is 0. The van der Waals surface area contributed by atoms with E-state index in [1.54, 1.807) is 7.11 Å². The van der Waals surface area contributed by atoms with Gasteiger partial charge in [-0.2, -0.15) is 0 Å². The number of carbonyl (C=O) groups is 1. The fraction of sp³-hybridized carbons (Fsp3) is 0.800. The van der Waals surface area contributed by atoms with Crippen LogP contribution in [0.5, 0.6) is 0 Å². The van der Waals surface area contributed by atoms with Gasteiger partial charge in [-0.1, -0.05) is 25.5 Å². The first-order chi connectivity index (χ1) is 19.1. The number of nitrogens with zero attached hydrogens (tertiary/aromatic N) is 3. The van der Waals surface area contributed by atoms with Gasteiger partial charge < -0.3 is 33.6 Å². The number of methoxy groups -OCH3 is 1. The lowest BCUT2D eigenvalue weighted by Crippen LogP contribution is -2.56. The summed E-state index contributed by atoms with van der Waals surface area (Å²) in [7, 11) is 1.70. The number of morpholine rings is 1. The van der Waals surface area contributed by atoms with E-state index in [0.29, 0.717) is 13.0 Å². The fourth-order valence-electron chi connectivity index (χ4n) is 6.69. The topological polar surface area (TPSA) is 103 Å². The molecule has 5 rings (SSSR count). The maximum absolute atomic E-state index is 13.3. The summed E-state index contributed by atoms with van der Waals surface area (Å²) in [4.78, 5) is 20.3. The summed E-state index contributed by atoms with van der Waals surface area (Å²) in [6.07, 6.45) is 7.47. The Bertz CT molecular complexity index is 1040. The number of carbonyl (C=O) groups excluding carboxylic acids is 1. The smallest absolute Gasteiger partial charge is 0.408 e. The molecule has 4 fully saturated rings. The Kier molecular flexibility index (Phi) is 8.92. The van der Waals surface area contributed by atoms with Gasteiger partial charge in [0.1, 0.15) is 23.4 Å². The van der Waals surface area contributed by atoms with Gasteiger partial charge >= 0.3 is 6.09 Å². The Morgan fingerprint density at radius 2 is 2.02 bits per heavy atom.